The van der Waals surface area contributed by atoms with E-state index in [1.54, 1.807) is 43.3 Å². The minimum Gasteiger partial charge on any atom is -0.489 e. The van der Waals surface area contributed by atoms with Crippen molar-refractivity contribution in [2.24, 2.45) is 5.10 Å². The van der Waals surface area contributed by atoms with Crippen LogP contribution >= 0.6 is 11.3 Å². The first-order valence-electron chi connectivity index (χ1n) is 8.97. The number of nitrogens with two attached hydrogens (primary N) is 1. The number of rotatable bonds is 7. The molecular formula is C21H17N5O4S. The van der Waals surface area contributed by atoms with Crippen LogP contribution in [0.15, 0.2) is 53.6 Å². The Morgan fingerprint density at radius 1 is 1.29 bits per heavy atom. The second-order valence-electron chi connectivity index (χ2n) is 6.39. The van der Waals surface area contributed by atoms with E-state index in [9.17, 15) is 14.9 Å². The number of carbonyl (C=O) groups excluding carboxylic acids is 1. The van der Waals surface area contributed by atoms with Crippen molar-refractivity contribution in [2.75, 3.05) is 5.73 Å². The molecule has 1 heterocycles. The van der Waals surface area contributed by atoms with Gasteiger partial charge < -0.3 is 10.5 Å². The van der Waals surface area contributed by atoms with Crippen LogP contribution < -0.4 is 15.9 Å². The lowest BCUT2D eigenvalue weighted by atomic mass is 10.2. The van der Waals surface area contributed by atoms with Crippen LogP contribution in [-0.4, -0.2) is 17.0 Å². The van der Waals surface area contributed by atoms with Crippen LogP contribution in [0.1, 0.15) is 31.9 Å². The summed E-state index contributed by atoms with van der Waals surface area (Å²) in [5, 5.41) is 24.0. The summed E-state index contributed by atoms with van der Waals surface area (Å²) in [5.41, 5.74) is 10.6. The number of non-ortho nitro benzene ring substituents is 1. The van der Waals surface area contributed by atoms with Crippen molar-refractivity contribution < 1.29 is 14.5 Å². The molecule has 0 saturated carbocycles. The number of nitro benzene ring substituents is 1. The van der Waals surface area contributed by atoms with Gasteiger partial charge in [0.15, 0.2) is 0 Å². The predicted octanol–water partition coefficient (Wildman–Crippen LogP) is 3.76. The maximum atomic E-state index is 12.2. The Hall–Kier alpha value is -4.23. The molecule has 3 aromatic rings. The summed E-state index contributed by atoms with van der Waals surface area (Å²) in [6.07, 6.45) is 1.48. The monoisotopic (exact) mass is 435 g/mol. The fourth-order valence-electron chi connectivity index (χ4n) is 2.64. The number of benzene rings is 2. The van der Waals surface area contributed by atoms with E-state index in [0.717, 1.165) is 22.5 Å². The van der Waals surface area contributed by atoms with E-state index in [-0.39, 0.29) is 12.3 Å². The maximum Gasteiger partial charge on any atom is 0.281 e. The molecule has 156 valence electrons. The number of anilines is 1. The van der Waals surface area contributed by atoms with Crippen LogP contribution in [0.25, 0.3) is 0 Å². The van der Waals surface area contributed by atoms with E-state index in [2.05, 4.69) is 10.5 Å². The highest BCUT2D eigenvalue weighted by molar-refractivity contribution is 7.18. The van der Waals surface area contributed by atoms with Crippen LogP contribution in [0.5, 0.6) is 5.75 Å². The van der Waals surface area contributed by atoms with Gasteiger partial charge in [0, 0.05) is 12.1 Å². The van der Waals surface area contributed by atoms with Crippen LogP contribution in [0, 0.1) is 28.4 Å². The van der Waals surface area contributed by atoms with E-state index < -0.39 is 10.8 Å². The Morgan fingerprint density at radius 2 is 1.97 bits per heavy atom. The third-order valence-electron chi connectivity index (χ3n) is 4.30. The van der Waals surface area contributed by atoms with Gasteiger partial charge in [-0.2, -0.15) is 10.4 Å². The Bertz CT molecular complexity index is 1180. The van der Waals surface area contributed by atoms with Crippen molar-refractivity contribution >= 4 is 34.1 Å². The van der Waals surface area contributed by atoms with Gasteiger partial charge in [-0.3, -0.25) is 14.9 Å². The smallest absolute Gasteiger partial charge is 0.281 e. The van der Waals surface area contributed by atoms with Crippen LogP contribution in [0.4, 0.5) is 10.7 Å². The standard InChI is InChI=1S/C21H17N5O4S/c1-13-18(10-22)20(23)31-19(13)21(27)25-24-11-14-4-8-17(9-5-14)30-12-15-2-6-16(7-3-15)26(28)29/h2-9,11H,12,23H2,1H3,(H,25,27). The van der Waals surface area contributed by atoms with E-state index in [1.807, 2.05) is 6.07 Å². The van der Waals surface area contributed by atoms with Gasteiger partial charge in [0.1, 0.15) is 28.3 Å². The molecule has 2 aromatic carbocycles. The summed E-state index contributed by atoms with van der Waals surface area (Å²) >= 11 is 1.05. The highest BCUT2D eigenvalue weighted by Gasteiger charge is 2.18. The quantitative estimate of drug-likeness (QED) is 0.328. The minimum absolute atomic E-state index is 0.0303. The summed E-state index contributed by atoms with van der Waals surface area (Å²) in [6, 6.07) is 15.2. The normalized spacial score (nSPS) is 10.6. The number of nitrogen functional groups attached to an aromatic ring is 1. The molecule has 0 spiro atoms. The van der Waals surface area contributed by atoms with Crippen molar-refractivity contribution in [3.8, 4) is 11.8 Å². The number of nitrogens with zero attached hydrogens (tertiary/aromatic N) is 3. The number of carbonyl (C=O) groups is 1. The van der Waals surface area contributed by atoms with Gasteiger partial charge in [-0.15, -0.1) is 11.3 Å². The molecule has 1 aromatic heterocycles. The zero-order valence-corrected chi connectivity index (χ0v) is 17.2. The Morgan fingerprint density at radius 3 is 2.55 bits per heavy atom. The molecule has 0 unspecified atom stereocenters. The van der Waals surface area contributed by atoms with Gasteiger partial charge in [-0.05, 0) is 60.0 Å². The molecular weight excluding hydrogens is 418 g/mol. The Kier molecular flexibility index (Phi) is 6.59. The van der Waals surface area contributed by atoms with Gasteiger partial charge in [0.05, 0.1) is 16.7 Å². The Labute approximate surface area is 181 Å². The molecule has 0 radical (unpaired) electrons. The van der Waals surface area contributed by atoms with Gasteiger partial charge in [-0.25, -0.2) is 5.43 Å². The summed E-state index contributed by atoms with van der Waals surface area (Å²) in [5.74, 6) is 0.184. The number of hydrogen-bond donors (Lipinski definition) is 2. The number of hydrogen-bond acceptors (Lipinski definition) is 8. The SMILES string of the molecule is Cc1c(C(=O)NN=Cc2ccc(OCc3ccc([N+](=O)[O-])cc3)cc2)sc(N)c1C#N. The molecule has 31 heavy (non-hydrogen) atoms. The van der Waals surface area contributed by atoms with Crippen molar-refractivity contribution in [1.82, 2.24) is 5.43 Å². The highest BCUT2D eigenvalue weighted by atomic mass is 32.1. The Balaban J connectivity index is 1.54. The molecule has 1 amide bonds. The summed E-state index contributed by atoms with van der Waals surface area (Å²) in [4.78, 5) is 22.8. The average Bonchev–Trinajstić information content (AvgIpc) is 3.06. The highest BCUT2D eigenvalue weighted by Crippen LogP contribution is 2.29. The number of amides is 1. The third kappa shape index (κ3) is 5.23. The van der Waals surface area contributed by atoms with Crippen molar-refractivity contribution in [3.63, 3.8) is 0 Å². The molecule has 0 fully saturated rings. The lowest BCUT2D eigenvalue weighted by Crippen LogP contribution is -2.17. The molecule has 0 aliphatic rings. The number of thiophene rings is 1. The first kappa shape index (κ1) is 21.5. The summed E-state index contributed by atoms with van der Waals surface area (Å²) < 4.78 is 5.66. The second-order valence-corrected chi connectivity index (χ2v) is 7.44. The largest absolute Gasteiger partial charge is 0.489 e. The van der Waals surface area contributed by atoms with Crippen molar-refractivity contribution in [2.45, 2.75) is 13.5 Å². The maximum absolute atomic E-state index is 12.2. The molecule has 3 rings (SSSR count). The lowest BCUT2D eigenvalue weighted by Gasteiger charge is -2.06. The predicted molar refractivity (Wildman–Crippen MR) is 117 cm³/mol. The van der Waals surface area contributed by atoms with Gasteiger partial charge in [-0.1, -0.05) is 0 Å². The van der Waals surface area contributed by atoms with E-state index >= 15 is 0 Å². The number of hydrazone groups is 1. The molecule has 0 saturated heterocycles. The zero-order chi connectivity index (χ0) is 22.4. The molecule has 3 N–H and O–H groups in total. The summed E-state index contributed by atoms with van der Waals surface area (Å²) in [6.45, 7) is 1.94. The fraction of sp³-hybridized carbons (Fsp3) is 0.0952. The van der Waals surface area contributed by atoms with Crippen LogP contribution in [0.2, 0.25) is 0 Å². The molecule has 0 aliphatic heterocycles. The van der Waals surface area contributed by atoms with E-state index in [4.69, 9.17) is 15.7 Å². The van der Waals surface area contributed by atoms with Crippen molar-refractivity contribution in [3.05, 3.63) is 85.8 Å². The lowest BCUT2D eigenvalue weighted by molar-refractivity contribution is -0.384. The molecule has 0 atom stereocenters. The minimum atomic E-state index is -0.450. The van der Waals surface area contributed by atoms with Gasteiger partial charge >= 0.3 is 0 Å². The fourth-order valence-corrected chi connectivity index (χ4v) is 3.55. The first-order valence-corrected chi connectivity index (χ1v) is 9.79. The second kappa shape index (κ2) is 9.51. The number of nitro groups is 1. The zero-order valence-electron chi connectivity index (χ0n) is 16.4. The van der Waals surface area contributed by atoms with Crippen LogP contribution in [-0.2, 0) is 6.61 Å². The first-order chi connectivity index (χ1) is 14.9. The number of nitriles is 1. The third-order valence-corrected chi connectivity index (χ3v) is 5.42. The van der Waals surface area contributed by atoms with Gasteiger partial charge in [0.2, 0.25) is 0 Å². The molecule has 9 nitrogen and oxygen atoms in total. The molecule has 0 aliphatic carbocycles. The summed E-state index contributed by atoms with van der Waals surface area (Å²) in [7, 11) is 0. The topological polar surface area (TPSA) is 144 Å². The van der Waals surface area contributed by atoms with Crippen molar-refractivity contribution in [1.29, 1.82) is 5.26 Å². The van der Waals surface area contributed by atoms with Gasteiger partial charge in [0.25, 0.3) is 11.6 Å². The number of ether oxygens (including phenoxy) is 1. The van der Waals surface area contributed by atoms with Crippen LogP contribution in [0.3, 0.4) is 0 Å². The average molecular weight is 435 g/mol. The van der Waals surface area contributed by atoms with E-state index in [0.29, 0.717) is 26.8 Å². The van der Waals surface area contributed by atoms with E-state index in [1.165, 1.54) is 18.3 Å². The molecule has 0 bridgehead atoms. The number of nitrogens with one attached hydrogen (secondary N) is 1. The molecule has 10 heteroatoms.